The third-order valence-corrected chi connectivity index (χ3v) is 3.72. The molecule has 96 valence electrons. The van der Waals surface area contributed by atoms with Gasteiger partial charge in [0.15, 0.2) is 11.6 Å². The molecule has 4 heteroatoms. The molecule has 1 aromatic heterocycles. The SMILES string of the molecule is Fc1cc(F)c2[nH]c3c(c2c1F)CCCCCC3. The molecule has 0 fully saturated rings. The van der Waals surface area contributed by atoms with Crippen molar-refractivity contribution in [1.29, 1.82) is 0 Å². The van der Waals surface area contributed by atoms with Crippen LogP contribution in [0.4, 0.5) is 13.2 Å². The minimum absolute atomic E-state index is 0.112. The van der Waals surface area contributed by atoms with Gasteiger partial charge in [-0.1, -0.05) is 12.8 Å². The Morgan fingerprint density at radius 2 is 1.61 bits per heavy atom. The molecule has 3 rings (SSSR count). The normalized spacial score (nSPS) is 16.4. The predicted octanol–water partition coefficient (Wildman–Crippen LogP) is 4.24. The van der Waals surface area contributed by atoms with E-state index >= 15 is 0 Å². The van der Waals surface area contributed by atoms with E-state index in [2.05, 4.69) is 4.98 Å². The van der Waals surface area contributed by atoms with Gasteiger partial charge in [-0.15, -0.1) is 0 Å². The summed E-state index contributed by atoms with van der Waals surface area (Å²) in [5.74, 6) is -2.75. The van der Waals surface area contributed by atoms with E-state index < -0.39 is 17.5 Å². The van der Waals surface area contributed by atoms with Gasteiger partial charge >= 0.3 is 0 Å². The summed E-state index contributed by atoms with van der Waals surface area (Å²) in [7, 11) is 0. The molecular weight excluding hydrogens is 239 g/mol. The van der Waals surface area contributed by atoms with Crippen LogP contribution in [0.1, 0.15) is 36.9 Å². The molecule has 0 atom stereocenters. The van der Waals surface area contributed by atoms with Crippen molar-refractivity contribution in [3.63, 3.8) is 0 Å². The third-order valence-electron chi connectivity index (χ3n) is 3.72. The van der Waals surface area contributed by atoms with Crippen LogP contribution in [-0.4, -0.2) is 4.98 Å². The van der Waals surface area contributed by atoms with Crippen LogP contribution in [-0.2, 0) is 12.8 Å². The highest BCUT2D eigenvalue weighted by atomic mass is 19.2. The molecule has 0 saturated carbocycles. The molecule has 0 bridgehead atoms. The molecule has 0 aliphatic heterocycles. The number of H-pyrrole nitrogens is 1. The summed E-state index contributed by atoms with van der Waals surface area (Å²) in [5, 5.41) is 0.115. The number of aromatic amines is 1. The maximum Gasteiger partial charge on any atom is 0.168 e. The van der Waals surface area contributed by atoms with E-state index in [0.29, 0.717) is 12.5 Å². The number of benzene rings is 1. The highest BCUT2D eigenvalue weighted by Crippen LogP contribution is 2.32. The van der Waals surface area contributed by atoms with Crippen molar-refractivity contribution in [2.45, 2.75) is 38.5 Å². The Morgan fingerprint density at radius 1 is 0.889 bits per heavy atom. The van der Waals surface area contributed by atoms with Gasteiger partial charge in [0.1, 0.15) is 5.82 Å². The zero-order chi connectivity index (χ0) is 12.7. The first-order chi connectivity index (χ1) is 8.68. The zero-order valence-electron chi connectivity index (χ0n) is 9.95. The van der Waals surface area contributed by atoms with E-state index in [1.807, 2.05) is 0 Å². The van der Waals surface area contributed by atoms with Crippen molar-refractivity contribution in [3.05, 3.63) is 34.8 Å². The van der Waals surface area contributed by atoms with Crippen molar-refractivity contribution in [2.24, 2.45) is 0 Å². The topological polar surface area (TPSA) is 15.8 Å². The molecule has 0 amide bonds. The van der Waals surface area contributed by atoms with Crippen LogP contribution in [0.2, 0.25) is 0 Å². The summed E-state index contributed by atoms with van der Waals surface area (Å²) < 4.78 is 40.9. The number of nitrogens with one attached hydrogen (secondary N) is 1. The maximum absolute atomic E-state index is 13.9. The number of fused-ring (bicyclic) bond motifs is 3. The van der Waals surface area contributed by atoms with Crippen molar-refractivity contribution < 1.29 is 13.2 Å². The smallest absolute Gasteiger partial charge is 0.168 e. The van der Waals surface area contributed by atoms with Gasteiger partial charge in [0.05, 0.1) is 5.52 Å². The van der Waals surface area contributed by atoms with Crippen LogP contribution < -0.4 is 0 Å². The highest BCUT2D eigenvalue weighted by molar-refractivity contribution is 5.86. The Kier molecular flexibility index (Phi) is 2.80. The predicted molar refractivity (Wildman–Crippen MR) is 64.0 cm³/mol. The van der Waals surface area contributed by atoms with Gasteiger partial charge in [0.2, 0.25) is 0 Å². The van der Waals surface area contributed by atoms with Crippen LogP contribution in [0.25, 0.3) is 10.9 Å². The minimum atomic E-state index is -1.11. The average Bonchev–Trinajstić information content (AvgIpc) is 2.65. The Morgan fingerprint density at radius 3 is 2.39 bits per heavy atom. The monoisotopic (exact) mass is 253 g/mol. The van der Waals surface area contributed by atoms with E-state index in [1.165, 1.54) is 0 Å². The fourth-order valence-corrected chi connectivity index (χ4v) is 2.82. The second kappa shape index (κ2) is 4.34. The van der Waals surface area contributed by atoms with Crippen LogP contribution >= 0.6 is 0 Å². The molecule has 1 nitrogen and oxygen atoms in total. The largest absolute Gasteiger partial charge is 0.356 e. The Balaban J connectivity index is 2.29. The van der Waals surface area contributed by atoms with Crippen LogP contribution in [0, 0.1) is 17.5 Å². The Labute approximate surface area is 103 Å². The third kappa shape index (κ3) is 1.71. The molecule has 1 aliphatic carbocycles. The van der Waals surface area contributed by atoms with Crippen LogP contribution in [0.3, 0.4) is 0 Å². The first kappa shape index (κ1) is 11.6. The zero-order valence-corrected chi connectivity index (χ0v) is 9.95. The van der Waals surface area contributed by atoms with E-state index in [-0.39, 0.29) is 10.9 Å². The van der Waals surface area contributed by atoms with E-state index in [4.69, 9.17) is 0 Å². The lowest BCUT2D eigenvalue weighted by molar-refractivity contribution is 0.505. The quantitative estimate of drug-likeness (QED) is 0.676. The second-order valence-corrected chi connectivity index (χ2v) is 4.90. The molecule has 1 N–H and O–H groups in total. The van der Waals surface area contributed by atoms with Gasteiger partial charge in [-0.2, -0.15) is 0 Å². The van der Waals surface area contributed by atoms with E-state index in [1.54, 1.807) is 0 Å². The number of halogens is 3. The van der Waals surface area contributed by atoms with Crippen molar-refractivity contribution in [3.8, 4) is 0 Å². The standard InChI is InChI=1S/C14H14F3N/c15-9-7-10(16)14-12(13(9)17)8-5-3-1-2-4-6-11(8)18-14/h7,18H,1-6H2. The molecule has 1 aliphatic rings. The Bertz CT molecular complexity index is 601. The lowest BCUT2D eigenvalue weighted by Gasteiger charge is -2.09. The van der Waals surface area contributed by atoms with Crippen molar-refractivity contribution in [2.75, 3.05) is 0 Å². The molecule has 0 saturated heterocycles. The molecular formula is C14H14F3N. The number of hydrogen-bond acceptors (Lipinski definition) is 0. The molecule has 2 aromatic rings. The lowest BCUT2D eigenvalue weighted by atomic mass is 9.96. The van der Waals surface area contributed by atoms with Gasteiger partial charge in [-0.3, -0.25) is 0 Å². The van der Waals surface area contributed by atoms with Crippen LogP contribution in [0.5, 0.6) is 0 Å². The van der Waals surface area contributed by atoms with Gasteiger partial charge in [-0.05, 0) is 31.2 Å². The molecule has 18 heavy (non-hydrogen) atoms. The summed E-state index contributed by atoms with van der Waals surface area (Å²) in [6.45, 7) is 0. The maximum atomic E-state index is 13.9. The number of aromatic nitrogens is 1. The first-order valence-corrected chi connectivity index (χ1v) is 6.35. The second-order valence-electron chi connectivity index (χ2n) is 4.90. The minimum Gasteiger partial charge on any atom is -0.356 e. The number of aryl methyl sites for hydroxylation is 2. The lowest BCUT2D eigenvalue weighted by Crippen LogP contribution is -1.98. The average molecular weight is 253 g/mol. The van der Waals surface area contributed by atoms with Gasteiger partial charge in [0.25, 0.3) is 0 Å². The Hall–Kier alpha value is -1.45. The number of hydrogen-bond donors (Lipinski definition) is 1. The molecule has 0 spiro atoms. The van der Waals surface area contributed by atoms with Crippen molar-refractivity contribution >= 4 is 10.9 Å². The summed E-state index contributed by atoms with van der Waals surface area (Å²) in [4.78, 5) is 2.94. The molecule has 0 unspecified atom stereocenters. The first-order valence-electron chi connectivity index (χ1n) is 6.35. The fraction of sp³-hybridized carbons (Fsp3) is 0.429. The fourth-order valence-electron chi connectivity index (χ4n) is 2.82. The van der Waals surface area contributed by atoms with Gasteiger partial charge < -0.3 is 4.98 Å². The van der Waals surface area contributed by atoms with E-state index in [9.17, 15) is 13.2 Å². The summed E-state index contributed by atoms with van der Waals surface area (Å²) in [6, 6.07) is 0.612. The molecule has 0 radical (unpaired) electrons. The molecule has 1 heterocycles. The number of rotatable bonds is 0. The highest BCUT2D eigenvalue weighted by Gasteiger charge is 2.21. The summed E-state index contributed by atoms with van der Waals surface area (Å²) >= 11 is 0. The van der Waals surface area contributed by atoms with Crippen LogP contribution in [0.15, 0.2) is 6.07 Å². The van der Waals surface area contributed by atoms with Gasteiger partial charge in [0, 0.05) is 17.1 Å². The summed E-state index contributed by atoms with van der Waals surface area (Å²) in [5.41, 5.74) is 1.74. The van der Waals surface area contributed by atoms with Crippen molar-refractivity contribution in [1.82, 2.24) is 4.98 Å². The summed E-state index contributed by atoms with van der Waals surface area (Å²) in [6.07, 6.45) is 5.64. The van der Waals surface area contributed by atoms with Gasteiger partial charge in [-0.25, -0.2) is 13.2 Å². The molecule has 1 aromatic carbocycles. The van der Waals surface area contributed by atoms with E-state index in [0.717, 1.165) is 43.4 Å².